The summed E-state index contributed by atoms with van der Waals surface area (Å²) in [6.07, 6.45) is 5.57. The first kappa shape index (κ1) is 14.9. The van der Waals surface area contributed by atoms with Crippen molar-refractivity contribution < 1.29 is 9.53 Å². The van der Waals surface area contributed by atoms with Crippen molar-refractivity contribution in [3.05, 3.63) is 28.9 Å². The second-order valence-electron chi connectivity index (χ2n) is 6.55. The van der Waals surface area contributed by atoms with Crippen molar-refractivity contribution in [2.24, 2.45) is 0 Å². The molecule has 1 unspecified atom stereocenters. The number of ether oxygens (including phenoxy) is 1. The molecule has 0 radical (unpaired) electrons. The molecule has 1 aliphatic heterocycles. The number of aromatic nitrogens is 1. The number of hydrogen-bond acceptors (Lipinski definition) is 2. The SMILES string of the molecule is CCC1Cn2c(C(=O)NC3CCCC3)cc3c(Cl)ccc(c32)O1. The number of nitrogens with one attached hydrogen (secondary N) is 1. The maximum atomic E-state index is 12.8. The van der Waals surface area contributed by atoms with Gasteiger partial charge in [-0.1, -0.05) is 31.4 Å². The highest BCUT2D eigenvalue weighted by Gasteiger charge is 2.28. The molecule has 1 amide bonds. The molecule has 0 saturated heterocycles. The minimum Gasteiger partial charge on any atom is -0.486 e. The van der Waals surface area contributed by atoms with Gasteiger partial charge in [-0.05, 0) is 37.5 Å². The van der Waals surface area contributed by atoms with Crippen LogP contribution in [0.4, 0.5) is 0 Å². The Kier molecular flexibility index (Phi) is 3.72. The third-order valence-electron chi connectivity index (χ3n) is 5.03. The normalized spacial score (nSPS) is 20.7. The van der Waals surface area contributed by atoms with Crippen LogP contribution in [0, 0.1) is 0 Å². The molecule has 1 N–H and O–H groups in total. The predicted molar refractivity (Wildman–Crippen MR) is 91.4 cm³/mol. The van der Waals surface area contributed by atoms with Crippen molar-refractivity contribution in [2.75, 3.05) is 0 Å². The van der Waals surface area contributed by atoms with E-state index in [0.29, 0.717) is 23.3 Å². The van der Waals surface area contributed by atoms with E-state index >= 15 is 0 Å². The van der Waals surface area contributed by atoms with Crippen molar-refractivity contribution in [3.8, 4) is 5.75 Å². The van der Waals surface area contributed by atoms with E-state index in [1.165, 1.54) is 12.8 Å². The molecule has 2 aliphatic rings. The molecule has 4 rings (SSSR count). The fourth-order valence-electron chi connectivity index (χ4n) is 3.75. The van der Waals surface area contributed by atoms with Crippen LogP contribution >= 0.6 is 11.6 Å². The van der Waals surface area contributed by atoms with E-state index in [4.69, 9.17) is 16.3 Å². The third kappa shape index (κ3) is 2.49. The summed E-state index contributed by atoms with van der Waals surface area (Å²) in [5, 5.41) is 4.74. The van der Waals surface area contributed by atoms with Gasteiger partial charge in [-0.3, -0.25) is 4.79 Å². The number of carbonyl (C=O) groups excluding carboxylic acids is 1. The van der Waals surface area contributed by atoms with E-state index in [2.05, 4.69) is 16.8 Å². The monoisotopic (exact) mass is 332 g/mol. The first-order valence-corrected chi connectivity index (χ1v) is 8.84. The highest BCUT2D eigenvalue weighted by molar-refractivity contribution is 6.36. The lowest BCUT2D eigenvalue weighted by atomic mass is 10.2. The minimum absolute atomic E-state index is 0.00636. The Hall–Kier alpha value is -1.68. The van der Waals surface area contributed by atoms with E-state index < -0.39 is 0 Å². The van der Waals surface area contributed by atoms with Crippen molar-refractivity contribution in [2.45, 2.75) is 57.7 Å². The van der Waals surface area contributed by atoms with Gasteiger partial charge in [-0.15, -0.1) is 0 Å². The zero-order valence-electron chi connectivity index (χ0n) is 13.3. The van der Waals surface area contributed by atoms with Crippen molar-refractivity contribution >= 4 is 28.4 Å². The van der Waals surface area contributed by atoms with Crippen LogP contribution in [0.2, 0.25) is 5.02 Å². The summed E-state index contributed by atoms with van der Waals surface area (Å²) >= 11 is 6.34. The summed E-state index contributed by atoms with van der Waals surface area (Å²) in [5.41, 5.74) is 1.64. The molecule has 23 heavy (non-hydrogen) atoms. The summed E-state index contributed by atoms with van der Waals surface area (Å²) in [7, 11) is 0. The van der Waals surface area contributed by atoms with Gasteiger partial charge in [0, 0.05) is 11.4 Å². The number of benzene rings is 1. The maximum Gasteiger partial charge on any atom is 0.268 e. The zero-order valence-corrected chi connectivity index (χ0v) is 14.0. The Bertz CT molecular complexity index is 762. The van der Waals surface area contributed by atoms with Gasteiger partial charge in [0.25, 0.3) is 5.91 Å². The number of nitrogens with zero attached hydrogens (tertiary/aromatic N) is 1. The summed E-state index contributed by atoms with van der Waals surface area (Å²) in [5.74, 6) is 0.828. The second kappa shape index (κ2) is 5.75. The van der Waals surface area contributed by atoms with Gasteiger partial charge in [0.05, 0.1) is 17.1 Å². The molecular formula is C18H21ClN2O2. The summed E-state index contributed by atoms with van der Waals surface area (Å²) in [4.78, 5) is 12.8. The molecule has 4 nitrogen and oxygen atoms in total. The Labute approximate surface area is 140 Å². The number of carbonyl (C=O) groups is 1. The fraction of sp³-hybridized carbons (Fsp3) is 0.500. The molecule has 1 aromatic heterocycles. The molecule has 2 aromatic rings. The summed E-state index contributed by atoms with van der Waals surface area (Å²) < 4.78 is 8.11. The topological polar surface area (TPSA) is 43.3 Å². The van der Waals surface area contributed by atoms with Crippen molar-refractivity contribution in [1.82, 2.24) is 9.88 Å². The minimum atomic E-state index is 0.00636. The van der Waals surface area contributed by atoms with Gasteiger partial charge < -0.3 is 14.6 Å². The first-order valence-electron chi connectivity index (χ1n) is 8.46. The largest absolute Gasteiger partial charge is 0.486 e. The number of halogens is 1. The van der Waals surface area contributed by atoms with Crippen LogP contribution in [0.5, 0.6) is 5.75 Å². The van der Waals surface area contributed by atoms with Gasteiger partial charge in [0.15, 0.2) is 0 Å². The Morgan fingerprint density at radius 2 is 2.17 bits per heavy atom. The Morgan fingerprint density at radius 3 is 2.91 bits per heavy atom. The van der Waals surface area contributed by atoms with E-state index in [9.17, 15) is 4.79 Å². The average Bonchev–Trinajstić information content (AvgIpc) is 3.19. The standard InChI is InChI=1S/C18H21ClN2O2/c1-2-12-10-21-15(18(22)20-11-5-3-4-6-11)9-13-14(19)7-8-16(23-12)17(13)21/h7-9,11-12H,2-6,10H2,1H3,(H,20,22). The highest BCUT2D eigenvalue weighted by Crippen LogP contribution is 2.38. The maximum absolute atomic E-state index is 12.8. The molecule has 122 valence electrons. The number of rotatable bonds is 3. The van der Waals surface area contributed by atoms with Crippen LogP contribution in [-0.4, -0.2) is 22.6 Å². The molecule has 1 aliphatic carbocycles. The van der Waals surface area contributed by atoms with Gasteiger partial charge in [0.1, 0.15) is 17.5 Å². The van der Waals surface area contributed by atoms with E-state index in [0.717, 1.165) is 35.9 Å². The number of hydrogen-bond donors (Lipinski definition) is 1. The summed E-state index contributed by atoms with van der Waals surface area (Å²) in [6, 6.07) is 5.97. The van der Waals surface area contributed by atoms with Gasteiger partial charge in [-0.25, -0.2) is 0 Å². The lowest BCUT2D eigenvalue weighted by molar-refractivity contribution is 0.0922. The second-order valence-corrected chi connectivity index (χ2v) is 6.96. The Morgan fingerprint density at radius 1 is 1.39 bits per heavy atom. The molecule has 2 heterocycles. The first-order chi connectivity index (χ1) is 11.2. The molecule has 5 heteroatoms. The van der Waals surface area contributed by atoms with Gasteiger partial charge in [-0.2, -0.15) is 0 Å². The molecule has 0 spiro atoms. The van der Waals surface area contributed by atoms with Crippen LogP contribution in [0.3, 0.4) is 0 Å². The van der Waals surface area contributed by atoms with Crippen LogP contribution < -0.4 is 10.1 Å². The predicted octanol–water partition coefficient (Wildman–Crippen LogP) is 4.14. The molecule has 0 bridgehead atoms. The van der Waals surface area contributed by atoms with E-state index in [-0.39, 0.29) is 12.0 Å². The van der Waals surface area contributed by atoms with Crippen LogP contribution in [0.1, 0.15) is 49.5 Å². The number of amides is 1. The quantitative estimate of drug-likeness (QED) is 0.918. The van der Waals surface area contributed by atoms with Gasteiger partial charge in [0.2, 0.25) is 0 Å². The Balaban J connectivity index is 1.77. The van der Waals surface area contributed by atoms with Crippen LogP contribution in [-0.2, 0) is 6.54 Å². The summed E-state index contributed by atoms with van der Waals surface area (Å²) in [6.45, 7) is 2.80. The average molecular weight is 333 g/mol. The molecule has 1 fully saturated rings. The van der Waals surface area contributed by atoms with Crippen molar-refractivity contribution in [3.63, 3.8) is 0 Å². The lowest BCUT2D eigenvalue weighted by Gasteiger charge is -2.26. The molecule has 1 saturated carbocycles. The zero-order chi connectivity index (χ0) is 16.0. The fourth-order valence-corrected chi connectivity index (χ4v) is 3.96. The lowest BCUT2D eigenvalue weighted by Crippen LogP contribution is -2.35. The third-order valence-corrected chi connectivity index (χ3v) is 5.36. The van der Waals surface area contributed by atoms with E-state index in [1.807, 2.05) is 18.2 Å². The smallest absolute Gasteiger partial charge is 0.268 e. The van der Waals surface area contributed by atoms with Crippen LogP contribution in [0.25, 0.3) is 10.9 Å². The molecule has 1 aromatic carbocycles. The van der Waals surface area contributed by atoms with Crippen molar-refractivity contribution in [1.29, 1.82) is 0 Å². The van der Waals surface area contributed by atoms with E-state index in [1.54, 1.807) is 0 Å². The molecular weight excluding hydrogens is 312 g/mol. The highest BCUT2D eigenvalue weighted by atomic mass is 35.5. The van der Waals surface area contributed by atoms with Crippen LogP contribution in [0.15, 0.2) is 18.2 Å². The molecule has 1 atom stereocenters. The van der Waals surface area contributed by atoms with Gasteiger partial charge >= 0.3 is 0 Å².